The topological polar surface area (TPSA) is 21.3 Å². The summed E-state index contributed by atoms with van der Waals surface area (Å²) < 4.78 is 6.27. The van der Waals surface area contributed by atoms with Crippen LogP contribution in [0.4, 0.5) is 0 Å². The normalized spacial score (nSPS) is 27.0. The molecule has 116 valence electrons. The van der Waals surface area contributed by atoms with Gasteiger partial charge in [0.05, 0.1) is 12.7 Å². The molecule has 2 aliphatic rings. The van der Waals surface area contributed by atoms with E-state index >= 15 is 0 Å². The lowest BCUT2D eigenvalue weighted by atomic mass is 9.60. The number of ether oxygens (including phenoxy) is 1. The summed E-state index contributed by atoms with van der Waals surface area (Å²) in [6.45, 7) is 4.01. The van der Waals surface area contributed by atoms with Gasteiger partial charge in [0.15, 0.2) is 0 Å². The van der Waals surface area contributed by atoms with Crippen LogP contribution in [0.3, 0.4) is 0 Å². The predicted molar refractivity (Wildman–Crippen MR) is 87.6 cm³/mol. The van der Waals surface area contributed by atoms with E-state index in [-0.39, 0.29) is 0 Å². The van der Waals surface area contributed by atoms with Crippen molar-refractivity contribution in [2.45, 2.75) is 64.2 Å². The van der Waals surface area contributed by atoms with E-state index in [0.717, 1.165) is 23.6 Å². The van der Waals surface area contributed by atoms with Crippen LogP contribution in [0.25, 0.3) is 0 Å². The molecule has 3 heteroatoms. The van der Waals surface area contributed by atoms with E-state index in [1.165, 1.54) is 32.1 Å². The summed E-state index contributed by atoms with van der Waals surface area (Å²) in [6.07, 6.45) is 8.13. The first-order valence-corrected chi connectivity index (χ1v) is 8.72. The summed E-state index contributed by atoms with van der Waals surface area (Å²) in [7, 11) is 0. The third kappa shape index (κ3) is 2.99. The molecule has 1 aromatic carbocycles. The zero-order valence-electron chi connectivity index (χ0n) is 12.9. The Hall–Kier alpha value is -0.570. The highest BCUT2D eigenvalue weighted by Crippen LogP contribution is 2.54. The molecule has 0 radical (unpaired) electrons. The largest absolute Gasteiger partial charge is 0.373 e. The molecular formula is C18H26ClNO. The maximum Gasteiger partial charge on any atom is 0.0735 e. The molecular weight excluding hydrogens is 282 g/mol. The van der Waals surface area contributed by atoms with Gasteiger partial charge in [-0.25, -0.2) is 0 Å². The van der Waals surface area contributed by atoms with Gasteiger partial charge in [-0.15, -0.1) is 0 Å². The van der Waals surface area contributed by atoms with Gasteiger partial charge >= 0.3 is 0 Å². The highest BCUT2D eigenvalue weighted by molar-refractivity contribution is 6.31. The Morgan fingerprint density at radius 2 is 2.05 bits per heavy atom. The minimum absolute atomic E-state index is 0.399. The minimum atomic E-state index is 0.399. The summed E-state index contributed by atoms with van der Waals surface area (Å²) >= 11 is 6.22. The van der Waals surface area contributed by atoms with Crippen molar-refractivity contribution < 1.29 is 4.74 Å². The van der Waals surface area contributed by atoms with E-state index in [9.17, 15) is 0 Å². The summed E-state index contributed by atoms with van der Waals surface area (Å²) in [5.41, 5.74) is 1.51. The van der Waals surface area contributed by atoms with Crippen molar-refractivity contribution in [3.8, 4) is 0 Å². The molecule has 2 atom stereocenters. The molecule has 2 nitrogen and oxygen atoms in total. The number of nitrogens with one attached hydrogen (secondary N) is 1. The molecule has 0 heterocycles. The Labute approximate surface area is 133 Å². The lowest BCUT2D eigenvalue weighted by molar-refractivity contribution is -0.140. The molecule has 0 amide bonds. The van der Waals surface area contributed by atoms with E-state index in [4.69, 9.17) is 16.3 Å². The van der Waals surface area contributed by atoms with Crippen LogP contribution in [0.1, 0.15) is 51.0 Å². The highest BCUT2D eigenvalue weighted by atomic mass is 35.5. The van der Waals surface area contributed by atoms with Crippen LogP contribution in [0, 0.1) is 5.41 Å². The number of halogens is 1. The van der Waals surface area contributed by atoms with Crippen LogP contribution < -0.4 is 5.32 Å². The molecule has 0 aromatic heterocycles. The van der Waals surface area contributed by atoms with Crippen molar-refractivity contribution in [2.24, 2.45) is 5.41 Å². The fraction of sp³-hybridized carbons (Fsp3) is 0.667. The number of hydrogen-bond donors (Lipinski definition) is 1. The molecule has 2 aliphatic carbocycles. The molecule has 3 rings (SSSR count). The van der Waals surface area contributed by atoms with Gasteiger partial charge in [-0.2, -0.15) is 0 Å². The smallest absolute Gasteiger partial charge is 0.0735 e. The maximum absolute atomic E-state index is 6.27. The van der Waals surface area contributed by atoms with Crippen LogP contribution >= 0.6 is 11.6 Å². The van der Waals surface area contributed by atoms with Crippen molar-refractivity contribution in [3.63, 3.8) is 0 Å². The van der Waals surface area contributed by atoms with Gasteiger partial charge in [-0.3, -0.25) is 0 Å². The zero-order chi connectivity index (χ0) is 14.7. The second-order valence-electron chi connectivity index (χ2n) is 6.57. The molecule has 2 fully saturated rings. The van der Waals surface area contributed by atoms with Crippen molar-refractivity contribution in [1.82, 2.24) is 5.32 Å². The molecule has 1 spiro atoms. The van der Waals surface area contributed by atoms with Gasteiger partial charge in [-0.05, 0) is 43.9 Å². The van der Waals surface area contributed by atoms with Crippen LogP contribution in [-0.2, 0) is 11.3 Å². The second-order valence-corrected chi connectivity index (χ2v) is 6.98. The van der Waals surface area contributed by atoms with Gasteiger partial charge in [0.1, 0.15) is 0 Å². The Morgan fingerprint density at radius 1 is 1.29 bits per heavy atom. The third-order valence-corrected chi connectivity index (χ3v) is 5.73. The number of benzene rings is 1. The number of hydrogen-bond acceptors (Lipinski definition) is 2. The Kier molecular flexibility index (Phi) is 4.88. The minimum Gasteiger partial charge on any atom is -0.373 e. The molecule has 0 aliphatic heterocycles. The van der Waals surface area contributed by atoms with E-state index in [1.54, 1.807) is 0 Å². The predicted octanol–water partition coefficient (Wildman–Crippen LogP) is 4.56. The van der Waals surface area contributed by atoms with Crippen molar-refractivity contribution >= 4 is 11.6 Å². The summed E-state index contributed by atoms with van der Waals surface area (Å²) in [6, 6.07) is 8.67. The van der Waals surface area contributed by atoms with E-state index in [2.05, 4.69) is 18.3 Å². The molecule has 2 unspecified atom stereocenters. The summed E-state index contributed by atoms with van der Waals surface area (Å²) in [5.74, 6) is 0. The molecule has 1 N–H and O–H groups in total. The Bertz CT molecular complexity index is 470. The number of rotatable bonds is 6. The molecule has 1 aromatic rings. The Morgan fingerprint density at radius 3 is 2.76 bits per heavy atom. The van der Waals surface area contributed by atoms with Gasteiger partial charge in [0, 0.05) is 16.5 Å². The lowest BCUT2D eigenvalue weighted by Crippen LogP contribution is -2.62. The molecule has 0 saturated heterocycles. The van der Waals surface area contributed by atoms with Gasteiger partial charge in [-0.1, -0.05) is 49.6 Å². The fourth-order valence-corrected chi connectivity index (χ4v) is 4.29. The first-order valence-electron chi connectivity index (χ1n) is 8.34. The zero-order valence-corrected chi connectivity index (χ0v) is 13.7. The quantitative estimate of drug-likeness (QED) is 0.832. The van der Waals surface area contributed by atoms with Crippen LogP contribution in [0.5, 0.6) is 0 Å². The fourth-order valence-electron chi connectivity index (χ4n) is 4.10. The van der Waals surface area contributed by atoms with E-state index < -0.39 is 0 Å². The van der Waals surface area contributed by atoms with Gasteiger partial charge in [0.25, 0.3) is 0 Å². The average Bonchev–Trinajstić information content (AvgIpc) is 3.00. The van der Waals surface area contributed by atoms with Crippen molar-refractivity contribution in [2.75, 3.05) is 6.54 Å². The SMILES string of the molecule is CCCNC1CC(OCc2ccccc2Cl)C12CCCC2. The molecule has 21 heavy (non-hydrogen) atoms. The van der Waals surface area contributed by atoms with Crippen LogP contribution in [-0.4, -0.2) is 18.7 Å². The van der Waals surface area contributed by atoms with Crippen LogP contribution in [0.15, 0.2) is 24.3 Å². The highest BCUT2D eigenvalue weighted by Gasteiger charge is 2.56. The lowest BCUT2D eigenvalue weighted by Gasteiger charge is -2.54. The van der Waals surface area contributed by atoms with Crippen molar-refractivity contribution in [1.29, 1.82) is 0 Å². The monoisotopic (exact) mass is 307 g/mol. The Balaban J connectivity index is 1.60. The van der Waals surface area contributed by atoms with Gasteiger partial charge in [0.2, 0.25) is 0 Å². The van der Waals surface area contributed by atoms with E-state index in [1.807, 2.05) is 18.2 Å². The summed E-state index contributed by atoms with van der Waals surface area (Å²) in [4.78, 5) is 0. The van der Waals surface area contributed by atoms with E-state index in [0.29, 0.717) is 24.2 Å². The second kappa shape index (κ2) is 6.68. The van der Waals surface area contributed by atoms with Gasteiger partial charge < -0.3 is 10.1 Å². The van der Waals surface area contributed by atoms with Crippen molar-refractivity contribution in [3.05, 3.63) is 34.9 Å². The third-order valence-electron chi connectivity index (χ3n) is 5.36. The molecule has 0 bridgehead atoms. The maximum atomic E-state index is 6.27. The first kappa shape index (κ1) is 15.3. The standard InChI is InChI=1S/C18H26ClNO/c1-2-11-20-16-12-17(18(16)9-5-6-10-18)21-13-14-7-3-4-8-15(14)19/h3-4,7-8,16-17,20H,2,5-6,9-13H2,1H3. The van der Waals surface area contributed by atoms with Crippen LogP contribution in [0.2, 0.25) is 5.02 Å². The average molecular weight is 308 g/mol. The summed E-state index contributed by atoms with van der Waals surface area (Å²) in [5, 5.41) is 4.55. The first-order chi connectivity index (χ1) is 10.3. The molecule has 2 saturated carbocycles.